The molecule has 0 bridgehead atoms. The van der Waals surface area contributed by atoms with E-state index in [2.05, 4.69) is 48.5 Å². The predicted octanol–water partition coefficient (Wildman–Crippen LogP) is 3.05. The highest BCUT2D eigenvalue weighted by atomic mass is 127. The van der Waals surface area contributed by atoms with Crippen LogP contribution in [0.2, 0.25) is 0 Å². The van der Waals surface area contributed by atoms with E-state index in [9.17, 15) is 4.79 Å². The Morgan fingerprint density at radius 3 is 3.00 bits per heavy atom. The van der Waals surface area contributed by atoms with Crippen LogP contribution in [0.1, 0.15) is 16.2 Å². The summed E-state index contributed by atoms with van der Waals surface area (Å²) >= 11 is 5.55. The van der Waals surface area contributed by atoms with Gasteiger partial charge in [0.1, 0.15) is 5.82 Å². The highest BCUT2D eigenvalue weighted by Gasteiger charge is 2.16. The van der Waals surface area contributed by atoms with Gasteiger partial charge in [0.05, 0.1) is 12.1 Å². The summed E-state index contributed by atoms with van der Waals surface area (Å²) in [5.41, 5.74) is 0.694. The molecule has 0 aliphatic rings. The third-order valence-corrected chi connectivity index (χ3v) is 3.88. The highest BCUT2D eigenvalue weighted by Crippen LogP contribution is 2.20. The molecule has 2 rings (SSSR count). The first-order valence-electron chi connectivity index (χ1n) is 5.26. The number of carbonyl (C=O) groups is 1. The van der Waals surface area contributed by atoms with Gasteiger partial charge in [-0.05, 0) is 40.8 Å². The molecule has 0 atom stereocenters. The summed E-state index contributed by atoms with van der Waals surface area (Å²) in [6.45, 7) is 0.467. The zero-order valence-electron chi connectivity index (χ0n) is 9.65. The summed E-state index contributed by atoms with van der Waals surface area (Å²) in [4.78, 5) is 21.0. The largest absolute Gasteiger partial charge is 0.347 e. The molecule has 0 spiro atoms. The second-order valence-corrected chi connectivity index (χ2v) is 5.90. The highest BCUT2D eigenvalue weighted by molar-refractivity contribution is 14.1. The number of aromatic amines is 1. The molecule has 0 saturated carbocycles. The lowest BCUT2D eigenvalue weighted by molar-refractivity contribution is 0.0781. The van der Waals surface area contributed by atoms with Crippen molar-refractivity contribution in [1.29, 1.82) is 0 Å². The molecular formula is C12H11BrIN3O. The first-order valence-corrected chi connectivity index (χ1v) is 7.14. The lowest BCUT2D eigenvalue weighted by atomic mass is 10.2. The van der Waals surface area contributed by atoms with E-state index in [0.717, 1.165) is 13.9 Å². The molecular weight excluding hydrogens is 409 g/mol. The van der Waals surface area contributed by atoms with Gasteiger partial charge in [-0.15, -0.1) is 0 Å². The monoisotopic (exact) mass is 419 g/mol. The maximum absolute atomic E-state index is 12.3. The Morgan fingerprint density at radius 2 is 2.33 bits per heavy atom. The van der Waals surface area contributed by atoms with Crippen LogP contribution in [0.15, 0.2) is 35.1 Å². The van der Waals surface area contributed by atoms with Crippen LogP contribution in [0.5, 0.6) is 0 Å². The van der Waals surface area contributed by atoms with Gasteiger partial charge in [-0.25, -0.2) is 4.98 Å². The number of rotatable bonds is 3. The number of halogens is 2. The fourth-order valence-corrected chi connectivity index (χ4v) is 2.48. The van der Waals surface area contributed by atoms with Crippen LogP contribution in [-0.4, -0.2) is 27.8 Å². The van der Waals surface area contributed by atoms with E-state index in [1.807, 2.05) is 18.2 Å². The van der Waals surface area contributed by atoms with Gasteiger partial charge in [0.25, 0.3) is 5.91 Å². The molecule has 1 aromatic carbocycles. The van der Waals surface area contributed by atoms with Gasteiger partial charge in [-0.1, -0.05) is 15.9 Å². The van der Waals surface area contributed by atoms with Crippen molar-refractivity contribution in [1.82, 2.24) is 14.9 Å². The minimum Gasteiger partial charge on any atom is -0.347 e. The van der Waals surface area contributed by atoms with Gasteiger partial charge in [-0.2, -0.15) is 0 Å². The fraction of sp³-hybridized carbons (Fsp3) is 0.167. The van der Waals surface area contributed by atoms with Crippen molar-refractivity contribution in [3.8, 4) is 0 Å². The molecule has 2 aromatic rings. The third kappa shape index (κ3) is 3.11. The summed E-state index contributed by atoms with van der Waals surface area (Å²) in [6, 6.07) is 5.67. The summed E-state index contributed by atoms with van der Waals surface area (Å²) < 4.78 is 1.84. The second kappa shape index (κ2) is 5.83. The fourth-order valence-electron chi connectivity index (χ4n) is 1.55. The number of hydrogen-bond donors (Lipinski definition) is 1. The quantitative estimate of drug-likeness (QED) is 0.777. The molecule has 0 saturated heterocycles. The van der Waals surface area contributed by atoms with E-state index in [4.69, 9.17) is 0 Å². The molecule has 4 nitrogen and oxygen atoms in total. The standard InChI is InChI=1S/C12H11BrIN3O/c1-17(7-11-15-4-5-16-11)12(18)9-6-8(13)2-3-10(9)14/h2-6H,7H2,1H3,(H,15,16). The number of nitrogens with zero attached hydrogens (tertiary/aromatic N) is 2. The smallest absolute Gasteiger partial charge is 0.255 e. The third-order valence-electron chi connectivity index (χ3n) is 2.45. The molecule has 1 aromatic heterocycles. The van der Waals surface area contributed by atoms with Crippen molar-refractivity contribution >= 4 is 44.4 Å². The number of imidazole rings is 1. The van der Waals surface area contributed by atoms with Crippen LogP contribution < -0.4 is 0 Å². The summed E-state index contributed by atoms with van der Waals surface area (Å²) in [5, 5.41) is 0. The number of carbonyl (C=O) groups excluding carboxylic acids is 1. The van der Waals surface area contributed by atoms with Crippen LogP contribution in [0.4, 0.5) is 0 Å². The predicted molar refractivity (Wildman–Crippen MR) is 81.2 cm³/mol. The minimum absolute atomic E-state index is 0.0166. The minimum atomic E-state index is -0.0166. The van der Waals surface area contributed by atoms with E-state index < -0.39 is 0 Å². The molecule has 1 N–H and O–H groups in total. The second-order valence-electron chi connectivity index (χ2n) is 3.82. The Hall–Kier alpha value is -0.890. The zero-order chi connectivity index (χ0) is 13.1. The Balaban J connectivity index is 2.17. The molecule has 6 heteroatoms. The zero-order valence-corrected chi connectivity index (χ0v) is 13.4. The molecule has 94 valence electrons. The number of nitrogens with one attached hydrogen (secondary N) is 1. The molecule has 1 amide bonds. The Kier molecular flexibility index (Phi) is 4.39. The van der Waals surface area contributed by atoms with Gasteiger partial charge in [0, 0.05) is 27.5 Å². The SMILES string of the molecule is CN(Cc1ncc[nH]1)C(=O)c1cc(Br)ccc1I. The van der Waals surface area contributed by atoms with Crippen molar-refractivity contribution in [3.05, 3.63) is 50.0 Å². The number of hydrogen-bond acceptors (Lipinski definition) is 2. The maximum Gasteiger partial charge on any atom is 0.255 e. The molecule has 0 aliphatic carbocycles. The number of H-pyrrole nitrogens is 1. The van der Waals surface area contributed by atoms with Gasteiger partial charge >= 0.3 is 0 Å². The van der Waals surface area contributed by atoms with Crippen LogP contribution >= 0.6 is 38.5 Å². The number of amides is 1. The van der Waals surface area contributed by atoms with Gasteiger partial charge in [0.2, 0.25) is 0 Å². The van der Waals surface area contributed by atoms with Crippen LogP contribution in [0, 0.1) is 3.57 Å². The average molecular weight is 420 g/mol. The molecule has 1 heterocycles. The maximum atomic E-state index is 12.3. The number of benzene rings is 1. The van der Waals surface area contributed by atoms with E-state index in [1.165, 1.54) is 0 Å². The molecule has 0 fully saturated rings. The molecule has 0 aliphatic heterocycles. The van der Waals surface area contributed by atoms with E-state index >= 15 is 0 Å². The van der Waals surface area contributed by atoms with Crippen molar-refractivity contribution in [3.63, 3.8) is 0 Å². The van der Waals surface area contributed by atoms with Crippen LogP contribution in [0.25, 0.3) is 0 Å². The van der Waals surface area contributed by atoms with Gasteiger partial charge in [-0.3, -0.25) is 4.79 Å². The molecule has 18 heavy (non-hydrogen) atoms. The lowest BCUT2D eigenvalue weighted by Gasteiger charge is -2.16. The van der Waals surface area contributed by atoms with Gasteiger partial charge in [0.15, 0.2) is 0 Å². The van der Waals surface area contributed by atoms with Crippen LogP contribution in [0.3, 0.4) is 0 Å². The topological polar surface area (TPSA) is 49.0 Å². The molecule has 0 radical (unpaired) electrons. The summed E-state index contributed by atoms with van der Waals surface area (Å²) in [6.07, 6.45) is 3.42. The van der Waals surface area contributed by atoms with E-state index in [1.54, 1.807) is 24.3 Å². The van der Waals surface area contributed by atoms with Crippen molar-refractivity contribution < 1.29 is 4.79 Å². The van der Waals surface area contributed by atoms with E-state index in [-0.39, 0.29) is 5.91 Å². The Labute approximate surface area is 127 Å². The first kappa shape index (κ1) is 13.5. The summed E-state index contributed by atoms with van der Waals surface area (Å²) in [7, 11) is 1.77. The number of aromatic nitrogens is 2. The average Bonchev–Trinajstić information content (AvgIpc) is 2.84. The first-order chi connectivity index (χ1) is 8.58. The van der Waals surface area contributed by atoms with Gasteiger partial charge < -0.3 is 9.88 Å². The molecule has 0 unspecified atom stereocenters. The Bertz CT molecular complexity index is 556. The van der Waals surface area contributed by atoms with Crippen LogP contribution in [-0.2, 0) is 6.54 Å². The van der Waals surface area contributed by atoms with Crippen molar-refractivity contribution in [2.24, 2.45) is 0 Å². The lowest BCUT2D eigenvalue weighted by Crippen LogP contribution is -2.27. The van der Waals surface area contributed by atoms with Crippen molar-refractivity contribution in [2.75, 3.05) is 7.05 Å². The Morgan fingerprint density at radius 1 is 1.56 bits per heavy atom. The summed E-state index contributed by atoms with van der Waals surface area (Å²) in [5.74, 6) is 0.757. The van der Waals surface area contributed by atoms with E-state index in [0.29, 0.717) is 12.1 Å². The van der Waals surface area contributed by atoms with Crippen molar-refractivity contribution in [2.45, 2.75) is 6.54 Å². The normalized spacial score (nSPS) is 10.4.